The molecule has 0 spiro atoms. The van der Waals surface area contributed by atoms with Crippen LogP contribution in [0.2, 0.25) is 0 Å². The van der Waals surface area contributed by atoms with Gasteiger partial charge in [-0.15, -0.1) is 0 Å². The molecule has 0 radical (unpaired) electrons. The molecule has 0 aromatic heterocycles. The monoisotopic (exact) mass is 285 g/mol. The average molecular weight is 285 g/mol. The van der Waals surface area contributed by atoms with Gasteiger partial charge in [0.2, 0.25) is 0 Å². The van der Waals surface area contributed by atoms with Crippen LogP contribution in [0.15, 0.2) is 0 Å². The van der Waals surface area contributed by atoms with Crippen molar-refractivity contribution in [3.63, 3.8) is 0 Å². The van der Waals surface area contributed by atoms with E-state index < -0.39 is 0 Å². The lowest BCUT2D eigenvalue weighted by atomic mass is 9.90. The maximum atomic E-state index is 11.7. The van der Waals surface area contributed by atoms with E-state index in [0.717, 1.165) is 25.6 Å². The highest BCUT2D eigenvalue weighted by atomic mass is 16.3. The molecular formula is C15H31N3O2. The number of aliphatic hydroxyl groups excluding tert-OH is 1. The lowest BCUT2D eigenvalue weighted by Crippen LogP contribution is -2.45. The van der Waals surface area contributed by atoms with Gasteiger partial charge >= 0.3 is 6.03 Å². The normalized spacial score (nSPS) is 20.7. The van der Waals surface area contributed by atoms with Gasteiger partial charge in [0.05, 0.1) is 0 Å². The van der Waals surface area contributed by atoms with E-state index >= 15 is 0 Å². The molecule has 20 heavy (non-hydrogen) atoms. The molecule has 1 aliphatic rings. The molecule has 0 saturated carbocycles. The average Bonchev–Trinajstić information content (AvgIpc) is 2.37. The minimum atomic E-state index is -0.110. The summed E-state index contributed by atoms with van der Waals surface area (Å²) in [6.07, 6.45) is 3.28. The van der Waals surface area contributed by atoms with Crippen molar-refractivity contribution >= 4 is 6.03 Å². The first-order chi connectivity index (χ1) is 9.43. The summed E-state index contributed by atoms with van der Waals surface area (Å²) < 4.78 is 0. The Labute approximate surface area is 123 Å². The Balaban J connectivity index is 2.11. The molecule has 0 bridgehead atoms. The molecule has 1 fully saturated rings. The molecule has 0 aromatic rings. The van der Waals surface area contributed by atoms with Gasteiger partial charge in [0.25, 0.3) is 0 Å². The van der Waals surface area contributed by atoms with E-state index in [9.17, 15) is 4.79 Å². The zero-order valence-corrected chi connectivity index (χ0v) is 13.2. The molecule has 0 aliphatic carbocycles. The van der Waals surface area contributed by atoms with Crippen LogP contribution in [0, 0.1) is 11.3 Å². The number of piperidine rings is 1. The van der Waals surface area contributed by atoms with Crippen molar-refractivity contribution in [3.8, 4) is 0 Å². The third kappa shape index (κ3) is 7.10. The van der Waals surface area contributed by atoms with Crippen molar-refractivity contribution in [3.05, 3.63) is 0 Å². The van der Waals surface area contributed by atoms with Gasteiger partial charge in [0.1, 0.15) is 0 Å². The molecule has 118 valence electrons. The van der Waals surface area contributed by atoms with Gasteiger partial charge in [-0.1, -0.05) is 20.8 Å². The molecule has 1 saturated heterocycles. The minimum absolute atomic E-state index is 0.0611. The highest BCUT2D eigenvalue weighted by molar-refractivity contribution is 5.73. The predicted octanol–water partition coefficient (Wildman–Crippen LogP) is 1.43. The van der Waals surface area contributed by atoms with E-state index in [2.05, 4.69) is 22.5 Å². The second kappa shape index (κ2) is 8.47. The highest BCUT2D eigenvalue weighted by Gasteiger charge is 2.18. The smallest absolute Gasteiger partial charge is 0.314 e. The molecule has 2 amide bonds. The first-order valence-electron chi connectivity index (χ1n) is 7.78. The number of nitrogens with zero attached hydrogens (tertiary/aromatic N) is 1. The second-order valence-corrected chi connectivity index (χ2v) is 6.80. The first-order valence-corrected chi connectivity index (χ1v) is 7.78. The van der Waals surface area contributed by atoms with Crippen molar-refractivity contribution in [1.82, 2.24) is 15.5 Å². The predicted molar refractivity (Wildman–Crippen MR) is 81.7 cm³/mol. The van der Waals surface area contributed by atoms with Crippen molar-refractivity contribution in [2.75, 3.05) is 39.3 Å². The van der Waals surface area contributed by atoms with Crippen LogP contribution in [-0.4, -0.2) is 55.4 Å². The Kier molecular flexibility index (Phi) is 7.30. The standard InChI is InChI=1S/C15H31N3O2/c1-13-5-4-8-18(11-13)9-7-16-14(20)17-12-15(2,3)6-10-19/h13,19H,4-12H2,1-3H3,(H2,16,17,20). The number of likely N-dealkylation sites (tertiary alicyclic amines) is 1. The molecule has 1 rings (SSSR count). The van der Waals surface area contributed by atoms with Crippen LogP contribution < -0.4 is 10.6 Å². The van der Waals surface area contributed by atoms with Gasteiger partial charge < -0.3 is 20.6 Å². The molecule has 0 aromatic carbocycles. The topological polar surface area (TPSA) is 64.6 Å². The van der Waals surface area contributed by atoms with Crippen LogP contribution >= 0.6 is 0 Å². The van der Waals surface area contributed by atoms with Crippen LogP contribution in [0.25, 0.3) is 0 Å². The number of carbonyl (C=O) groups excluding carboxylic acids is 1. The van der Waals surface area contributed by atoms with Crippen LogP contribution in [0.5, 0.6) is 0 Å². The summed E-state index contributed by atoms with van der Waals surface area (Å²) in [4.78, 5) is 14.1. The van der Waals surface area contributed by atoms with E-state index in [1.807, 2.05) is 13.8 Å². The molecule has 1 heterocycles. The number of nitrogens with one attached hydrogen (secondary N) is 2. The zero-order chi connectivity index (χ0) is 15.0. The Morgan fingerprint density at radius 3 is 2.80 bits per heavy atom. The van der Waals surface area contributed by atoms with Crippen molar-refractivity contribution in [1.29, 1.82) is 0 Å². The maximum absolute atomic E-state index is 11.7. The Morgan fingerprint density at radius 2 is 2.15 bits per heavy atom. The van der Waals surface area contributed by atoms with Crippen molar-refractivity contribution in [2.24, 2.45) is 11.3 Å². The summed E-state index contributed by atoms with van der Waals surface area (Å²) in [6.45, 7) is 11.0. The van der Waals surface area contributed by atoms with E-state index in [0.29, 0.717) is 19.5 Å². The maximum Gasteiger partial charge on any atom is 0.314 e. The summed E-state index contributed by atoms with van der Waals surface area (Å²) in [6, 6.07) is -0.110. The fourth-order valence-electron chi connectivity index (χ4n) is 2.59. The number of hydrogen-bond donors (Lipinski definition) is 3. The van der Waals surface area contributed by atoms with Gasteiger partial charge in [0.15, 0.2) is 0 Å². The minimum Gasteiger partial charge on any atom is -0.396 e. The Hall–Kier alpha value is -0.810. The molecule has 1 aliphatic heterocycles. The van der Waals surface area contributed by atoms with E-state index in [-0.39, 0.29) is 18.1 Å². The Bertz CT molecular complexity index is 295. The third-order valence-corrected chi connectivity index (χ3v) is 3.97. The quantitative estimate of drug-likeness (QED) is 0.663. The largest absolute Gasteiger partial charge is 0.396 e. The zero-order valence-electron chi connectivity index (χ0n) is 13.2. The van der Waals surface area contributed by atoms with E-state index in [4.69, 9.17) is 5.11 Å². The second-order valence-electron chi connectivity index (χ2n) is 6.80. The van der Waals surface area contributed by atoms with Gasteiger partial charge in [0, 0.05) is 32.8 Å². The first kappa shape index (κ1) is 17.2. The molecular weight excluding hydrogens is 254 g/mol. The highest BCUT2D eigenvalue weighted by Crippen LogP contribution is 2.17. The van der Waals surface area contributed by atoms with Crippen LogP contribution in [0.1, 0.15) is 40.0 Å². The van der Waals surface area contributed by atoms with Gasteiger partial charge in [-0.3, -0.25) is 0 Å². The van der Waals surface area contributed by atoms with Crippen molar-refractivity contribution < 1.29 is 9.90 Å². The lowest BCUT2D eigenvalue weighted by Gasteiger charge is -2.30. The van der Waals surface area contributed by atoms with Gasteiger partial charge in [-0.2, -0.15) is 0 Å². The molecule has 1 atom stereocenters. The summed E-state index contributed by atoms with van der Waals surface area (Å²) in [5.41, 5.74) is -0.0611. The number of urea groups is 1. The summed E-state index contributed by atoms with van der Waals surface area (Å²) in [7, 11) is 0. The third-order valence-electron chi connectivity index (χ3n) is 3.97. The molecule has 5 nitrogen and oxygen atoms in total. The van der Waals surface area contributed by atoms with Crippen LogP contribution in [-0.2, 0) is 0 Å². The summed E-state index contributed by atoms with van der Waals surface area (Å²) in [5.74, 6) is 0.775. The molecule has 5 heteroatoms. The fraction of sp³-hybridized carbons (Fsp3) is 0.933. The number of aliphatic hydroxyl groups is 1. The van der Waals surface area contributed by atoms with Crippen LogP contribution in [0.3, 0.4) is 0 Å². The number of rotatable bonds is 7. The van der Waals surface area contributed by atoms with E-state index in [1.54, 1.807) is 0 Å². The van der Waals surface area contributed by atoms with E-state index in [1.165, 1.54) is 12.8 Å². The number of hydrogen-bond acceptors (Lipinski definition) is 3. The fourth-order valence-corrected chi connectivity index (χ4v) is 2.59. The van der Waals surface area contributed by atoms with Crippen LogP contribution in [0.4, 0.5) is 4.79 Å². The molecule has 3 N–H and O–H groups in total. The Morgan fingerprint density at radius 1 is 1.40 bits per heavy atom. The van der Waals surface area contributed by atoms with Crippen molar-refractivity contribution in [2.45, 2.75) is 40.0 Å². The summed E-state index contributed by atoms with van der Waals surface area (Å²) >= 11 is 0. The SMILES string of the molecule is CC1CCCN(CCNC(=O)NCC(C)(C)CCO)C1. The number of amides is 2. The van der Waals surface area contributed by atoms with Gasteiger partial charge in [-0.25, -0.2) is 4.79 Å². The van der Waals surface area contributed by atoms with Gasteiger partial charge in [-0.05, 0) is 37.1 Å². The lowest BCUT2D eigenvalue weighted by molar-refractivity contribution is 0.182. The summed E-state index contributed by atoms with van der Waals surface area (Å²) in [5, 5.41) is 14.7. The molecule has 1 unspecified atom stereocenters. The number of carbonyl (C=O) groups is 1.